The summed E-state index contributed by atoms with van der Waals surface area (Å²) in [6.45, 7) is 6.25. The normalized spacial score (nSPS) is 10.8. The number of carbonyl (C=O) groups is 1. The van der Waals surface area contributed by atoms with E-state index in [1.54, 1.807) is 18.2 Å². The van der Waals surface area contributed by atoms with Crippen LogP contribution in [0.15, 0.2) is 36.0 Å². The molecule has 0 saturated heterocycles. The minimum Gasteiger partial charge on any atom is -0.300 e. The Morgan fingerprint density at radius 2 is 2.11 bits per heavy atom. The van der Waals surface area contributed by atoms with E-state index in [1.165, 1.54) is 23.1 Å². The van der Waals surface area contributed by atoms with Crippen LogP contribution >= 0.6 is 46.3 Å². The van der Waals surface area contributed by atoms with Crippen molar-refractivity contribution >= 4 is 57.3 Å². The van der Waals surface area contributed by atoms with E-state index in [4.69, 9.17) is 23.2 Å². The molecular formula is C17H16Cl2N6OS2. The molecule has 1 aromatic carbocycles. The van der Waals surface area contributed by atoms with Crippen molar-refractivity contribution in [2.75, 3.05) is 11.1 Å². The maximum atomic E-state index is 12.2. The second-order valence-corrected chi connectivity index (χ2v) is 8.34. The van der Waals surface area contributed by atoms with Gasteiger partial charge in [-0.1, -0.05) is 59.3 Å². The van der Waals surface area contributed by atoms with Crippen LogP contribution in [0.5, 0.6) is 0 Å². The van der Waals surface area contributed by atoms with Gasteiger partial charge >= 0.3 is 0 Å². The Labute approximate surface area is 180 Å². The summed E-state index contributed by atoms with van der Waals surface area (Å²) in [5, 5.41) is 22.0. The van der Waals surface area contributed by atoms with Gasteiger partial charge in [-0.3, -0.25) is 14.7 Å². The van der Waals surface area contributed by atoms with E-state index in [-0.39, 0.29) is 11.7 Å². The van der Waals surface area contributed by atoms with E-state index in [2.05, 4.69) is 32.3 Å². The number of benzene rings is 1. The summed E-state index contributed by atoms with van der Waals surface area (Å²) in [5.41, 5.74) is 0.779. The van der Waals surface area contributed by atoms with Crippen molar-refractivity contribution in [3.63, 3.8) is 0 Å². The lowest BCUT2D eigenvalue weighted by Crippen LogP contribution is -2.14. The molecule has 1 amide bonds. The second-order valence-electron chi connectivity index (χ2n) is 5.53. The van der Waals surface area contributed by atoms with E-state index in [1.807, 2.05) is 17.6 Å². The highest BCUT2D eigenvalue weighted by Gasteiger charge is 2.16. The van der Waals surface area contributed by atoms with Crippen LogP contribution in [0.1, 0.15) is 11.9 Å². The quantitative estimate of drug-likeness (QED) is 0.395. The number of nitrogens with one attached hydrogen (secondary N) is 1. The summed E-state index contributed by atoms with van der Waals surface area (Å²) in [4.78, 5) is 12.2. The number of rotatable bonds is 8. The predicted molar refractivity (Wildman–Crippen MR) is 114 cm³/mol. The number of aromatic nitrogens is 5. The van der Waals surface area contributed by atoms with Crippen molar-refractivity contribution in [2.45, 2.75) is 25.0 Å². The van der Waals surface area contributed by atoms with Gasteiger partial charge in [0.05, 0.1) is 15.8 Å². The van der Waals surface area contributed by atoms with E-state index in [9.17, 15) is 4.79 Å². The summed E-state index contributed by atoms with van der Waals surface area (Å²) >= 11 is 14.7. The topological polar surface area (TPSA) is 85.6 Å². The SMILES string of the molecule is C=CCn1c(SCC(=O)Nc2nnc(CC)s2)nnc1-c1ccc(Cl)c(Cl)c1. The molecule has 0 radical (unpaired) electrons. The van der Waals surface area contributed by atoms with Gasteiger partial charge < -0.3 is 0 Å². The van der Waals surface area contributed by atoms with Gasteiger partial charge in [0, 0.05) is 12.1 Å². The van der Waals surface area contributed by atoms with Crippen LogP contribution in [0.4, 0.5) is 5.13 Å². The molecule has 0 aliphatic rings. The average molecular weight is 455 g/mol. The number of anilines is 1. The third kappa shape index (κ3) is 4.91. The first-order valence-corrected chi connectivity index (χ1v) is 10.8. The molecule has 1 N–H and O–H groups in total. The number of nitrogens with zero attached hydrogens (tertiary/aromatic N) is 5. The predicted octanol–water partition coefficient (Wildman–Crippen LogP) is 4.58. The lowest BCUT2D eigenvalue weighted by Gasteiger charge is -2.08. The molecule has 0 unspecified atom stereocenters. The summed E-state index contributed by atoms with van der Waals surface area (Å²) in [6.07, 6.45) is 2.52. The molecule has 0 spiro atoms. The molecule has 2 aromatic heterocycles. The largest absolute Gasteiger partial charge is 0.300 e. The number of allylic oxidation sites excluding steroid dienone is 1. The first kappa shape index (κ1) is 20.8. The minimum absolute atomic E-state index is 0.164. The van der Waals surface area contributed by atoms with E-state index in [0.29, 0.717) is 32.7 Å². The van der Waals surface area contributed by atoms with Crippen LogP contribution in [0.25, 0.3) is 11.4 Å². The maximum absolute atomic E-state index is 12.2. The third-order valence-corrected chi connectivity index (χ3v) is 6.24. The smallest absolute Gasteiger partial charge is 0.236 e. The third-order valence-electron chi connectivity index (χ3n) is 3.55. The summed E-state index contributed by atoms with van der Waals surface area (Å²) in [6, 6.07) is 5.26. The zero-order chi connectivity index (χ0) is 20.1. The molecule has 2 heterocycles. The fourth-order valence-electron chi connectivity index (χ4n) is 2.27. The molecule has 7 nitrogen and oxygen atoms in total. The molecule has 0 atom stereocenters. The molecular weight excluding hydrogens is 439 g/mol. The van der Waals surface area contributed by atoms with Crippen LogP contribution in [0, 0.1) is 0 Å². The molecule has 3 rings (SSSR count). The lowest BCUT2D eigenvalue weighted by molar-refractivity contribution is -0.113. The van der Waals surface area contributed by atoms with Crippen molar-refractivity contribution in [1.82, 2.24) is 25.0 Å². The molecule has 146 valence electrons. The molecule has 0 saturated carbocycles. The fraction of sp³-hybridized carbons (Fsp3) is 0.235. The van der Waals surface area contributed by atoms with Gasteiger partial charge in [-0.15, -0.1) is 27.0 Å². The van der Waals surface area contributed by atoms with Crippen LogP contribution < -0.4 is 5.32 Å². The highest BCUT2D eigenvalue weighted by Crippen LogP contribution is 2.30. The minimum atomic E-state index is -0.187. The Kier molecular flexibility index (Phi) is 7.06. The molecule has 0 fully saturated rings. The standard InChI is InChI=1S/C17H16Cl2N6OS2/c1-3-7-25-15(10-5-6-11(18)12(19)8-10)22-24-17(25)27-9-13(26)20-16-23-21-14(4-2)28-16/h3,5-6,8H,1,4,7,9H2,2H3,(H,20,23,26). The van der Waals surface area contributed by atoms with Crippen LogP contribution in [-0.4, -0.2) is 36.6 Å². The number of halogens is 2. The van der Waals surface area contributed by atoms with E-state index in [0.717, 1.165) is 17.0 Å². The molecule has 3 aromatic rings. The van der Waals surface area contributed by atoms with Crippen LogP contribution in [0.2, 0.25) is 10.0 Å². The van der Waals surface area contributed by atoms with E-state index < -0.39 is 0 Å². The van der Waals surface area contributed by atoms with Crippen LogP contribution in [-0.2, 0) is 17.8 Å². The Morgan fingerprint density at radius 3 is 2.79 bits per heavy atom. The first-order valence-electron chi connectivity index (χ1n) is 8.26. The molecule has 11 heteroatoms. The van der Waals surface area contributed by atoms with Crippen molar-refractivity contribution < 1.29 is 4.79 Å². The Balaban J connectivity index is 1.73. The van der Waals surface area contributed by atoms with Gasteiger partial charge in [-0.25, -0.2) is 0 Å². The van der Waals surface area contributed by atoms with Crippen molar-refractivity contribution in [2.24, 2.45) is 0 Å². The van der Waals surface area contributed by atoms with Gasteiger partial charge in [0.25, 0.3) is 0 Å². The van der Waals surface area contributed by atoms with Gasteiger partial charge in [-0.2, -0.15) is 0 Å². The monoisotopic (exact) mass is 454 g/mol. The number of amides is 1. The van der Waals surface area contributed by atoms with Gasteiger partial charge in [0.15, 0.2) is 11.0 Å². The average Bonchev–Trinajstić information content (AvgIpc) is 3.29. The van der Waals surface area contributed by atoms with Gasteiger partial charge in [-0.05, 0) is 24.6 Å². The molecule has 0 aliphatic heterocycles. The molecule has 0 bridgehead atoms. The van der Waals surface area contributed by atoms with Crippen molar-refractivity contribution in [1.29, 1.82) is 0 Å². The summed E-state index contributed by atoms with van der Waals surface area (Å²) in [7, 11) is 0. The second kappa shape index (κ2) is 9.51. The highest BCUT2D eigenvalue weighted by molar-refractivity contribution is 7.99. The van der Waals surface area contributed by atoms with Crippen LogP contribution in [0.3, 0.4) is 0 Å². The van der Waals surface area contributed by atoms with Gasteiger partial charge in [0.1, 0.15) is 5.01 Å². The zero-order valence-electron chi connectivity index (χ0n) is 14.9. The fourth-order valence-corrected chi connectivity index (χ4v) is 4.01. The Morgan fingerprint density at radius 1 is 1.29 bits per heavy atom. The zero-order valence-corrected chi connectivity index (χ0v) is 18.0. The lowest BCUT2D eigenvalue weighted by atomic mass is 10.2. The van der Waals surface area contributed by atoms with E-state index >= 15 is 0 Å². The molecule has 0 aliphatic carbocycles. The van der Waals surface area contributed by atoms with Crippen molar-refractivity contribution in [3.05, 3.63) is 45.9 Å². The first-order chi connectivity index (χ1) is 13.5. The number of carbonyl (C=O) groups excluding carboxylic acids is 1. The summed E-state index contributed by atoms with van der Waals surface area (Å²) in [5.74, 6) is 0.601. The van der Waals surface area contributed by atoms with Crippen molar-refractivity contribution in [3.8, 4) is 11.4 Å². The highest BCUT2D eigenvalue weighted by atomic mass is 35.5. The number of hydrogen-bond donors (Lipinski definition) is 1. The maximum Gasteiger partial charge on any atom is 0.236 e. The number of thioether (sulfide) groups is 1. The number of hydrogen-bond acceptors (Lipinski definition) is 7. The van der Waals surface area contributed by atoms with Gasteiger partial charge in [0.2, 0.25) is 11.0 Å². The summed E-state index contributed by atoms with van der Waals surface area (Å²) < 4.78 is 1.87. The number of aryl methyl sites for hydroxylation is 1. The Bertz CT molecular complexity index is 1000. The Hall–Kier alpha value is -1.94. The molecule has 28 heavy (non-hydrogen) atoms.